The van der Waals surface area contributed by atoms with Crippen LogP contribution >= 0.6 is 0 Å². The first-order chi connectivity index (χ1) is 14.0. The molecule has 1 aliphatic rings. The predicted molar refractivity (Wildman–Crippen MR) is 106 cm³/mol. The molecule has 1 aromatic rings. The van der Waals surface area contributed by atoms with Gasteiger partial charge >= 0.3 is 12.1 Å². The van der Waals surface area contributed by atoms with Crippen LogP contribution in [0.3, 0.4) is 0 Å². The number of amides is 2. The maximum atomic E-state index is 12.3. The van der Waals surface area contributed by atoms with Crippen LogP contribution in [0, 0.1) is 5.92 Å². The van der Waals surface area contributed by atoms with E-state index in [0.29, 0.717) is 19.4 Å². The molecule has 1 aromatic carbocycles. The van der Waals surface area contributed by atoms with E-state index in [1.807, 2.05) is 30.3 Å². The van der Waals surface area contributed by atoms with Gasteiger partial charge in [0.2, 0.25) is 5.91 Å². The highest BCUT2D eigenvalue weighted by Gasteiger charge is 2.39. The van der Waals surface area contributed by atoms with Gasteiger partial charge in [-0.15, -0.1) is 0 Å². The van der Waals surface area contributed by atoms with E-state index in [1.165, 1.54) is 4.90 Å². The van der Waals surface area contributed by atoms with Crippen molar-refractivity contribution in [3.63, 3.8) is 0 Å². The lowest BCUT2D eigenvalue weighted by atomic mass is 10.1. The van der Waals surface area contributed by atoms with Crippen LogP contribution in [0.1, 0.15) is 38.2 Å². The molecule has 0 saturated carbocycles. The molecular formula is C21H30N2O6. The number of carbonyl (C=O) groups excluding carboxylic acids is 3. The van der Waals surface area contributed by atoms with Crippen LogP contribution in [-0.2, 0) is 25.7 Å². The van der Waals surface area contributed by atoms with E-state index in [9.17, 15) is 19.5 Å². The van der Waals surface area contributed by atoms with E-state index in [-0.39, 0.29) is 32.2 Å². The van der Waals surface area contributed by atoms with Gasteiger partial charge in [0.25, 0.3) is 0 Å². The molecule has 2 amide bonds. The van der Waals surface area contributed by atoms with E-state index in [0.717, 1.165) is 18.4 Å². The van der Waals surface area contributed by atoms with E-state index < -0.39 is 24.1 Å². The summed E-state index contributed by atoms with van der Waals surface area (Å²) >= 11 is 0. The minimum atomic E-state index is -0.871. The number of alkyl carbamates (subject to hydrolysis) is 1. The molecule has 2 unspecified atom stereocenters. The van der Waals surface area contributed by atoms with Gasteiger partial charge in [0.05, 0.1) is 12.7 Å². The van der Waals surface area contributed by atoms with Crippen molar-refractivity contribution in [3.05, 3.63) is 35.9 Å². The smallest absolute Gasteiger partial charge is 0.407 e. The molecule has 0 radical (unpaired) electrons. The summed E-state index contributed by atoms with van der Waals surface area (Å²) in [6.07, 6.45) is 1.21. The van der Waals surface area contributed by atoms with Crippen molar-refractivity contribution < 1.29 is 29.0 Å². The molecule has 8 heteroatoms. The lowest BCUT2D eigenvalue weighted by Gasteiger charge is -2.15. The Balaban J connectivity index is 1.53. The van der Waals surface area contributed by atoms with Gasteiger partial charge in [0.15, 0.2) is 0 Å². The summed E-state index contributed by atoms with van der Waals surface area (Å²) in [6, 6.07) is 9.45. The summed E-state index contributed by atoms with van der Waals surface area (Å²) in [7, 11) is 0. The Morgan fingerprint density at radius 1 is 1.10 bits per heavy atom. The first-order valence-electron chi connectivity index (χ1n) is 10.1. The molecule has 1 saturated heterocycles. The highest BCUT2D eigenvalue weighted by Crippen LogP contribution is 2.20. The first-order valence-corrected chi connectivity index (χ1v) is 10.1. The number of unbranched alkanes of at least 4 members (excludes halogenated alkanes) is 2. The Bertz CT molecular complexity index is 666. The summed E-state index contributed by atoms with van der Waals surface area (Å²) < 4.78 is 10.1. The number of nitrogens with one attached hydrogen (secondary N) is 1. The summed E-state index contributed by atoms with van der Waals surface area (Å²) in [5.74, 6) is -1.20. The van der Waals surface area contributed by atoms with Gasteiger partial charge in [0, 0.05) is 26.1 Å². The Labute approximate surface area is 171 Å². The van der Waals surface area contributed by atoms with Crippen molar-refractivity contribution in [1.29, 1.82) is 0 Å². The van der Waals surface area contributed by atoms with Gasteiger partial charge in [-0.2, -0.15) is 0 Å². The molecule has 0 spiro atoms. The Hall–Kier alpha value is -2.61. The van der Waals surface area contributed by atoms with Gasteiger partial charge < -0.3 is 24.8 Å². The minimum absolute atomic E-state index is 0.0777. The molecule has 0 bridgehead atoms. The number of carbonyl (C=O) groups is 3. The average molecular weight is 406 g/mol. The van der Waals surface area contributed by atoms with E-state index in [4.69, 9.17) is 9.47 Å². The fraction of sp³-hybridized carbons (Fsp3) is 0.571. The number of esters is 1. The third-order valence-corrected chi connectivity index (χ3v) is 4.78. The number of likely N-dealkylation sites (tertiary alicyclic amines) is 1. The van der Waals surface area contributed by atoms with Crippen LogP contribution in [0.25, 0.3) is 0 Å². The van der Waals surface area contributed by atoms with Crippen LogP contribution in [-0.4, -0.2) is 60.3 Å². The zero-order valence-corrected chi connectivity index (χ0v) is 16.8. The number of rotatable bonds is 10. The first kappa shape index (κ1) is 22.7. The molecule has 1 aliphatic heterocycles. The number of benzene rings is 1. The standard InChI is InChI=1S/C21H30N2O6/c1-2-28-20(26)17-13-23(14-18(17)24)19(25)11-7-4-8-12-22-21(27)29-15-16-9-5-3-6-10-16/h3,5-6,9-10,17-18,24H,2,4,7-8,11-15H2,1H3,(H,22,27). The molecular weight excluding hydrogens is 376 g/mol. The van der Waals surface area contributed by atoms with Crippen LogP contribution in [0.5, 0.6) is 0 Å². The van der Waals surface area contributed by atoms with E-state index >= 15 is 0 Å². The number of β-amino-alcohol motifs (C(OH)–C–C–N with tert-alkyl or cyclic N) is 1. The lowest BCUT2D eigenvalue weighted by Crippen LogP contribution is -2.30. The highest BCUT2D eigenvalue weighted by atomic mass is 16.5. The zero-order valence-electron chi connectivity index (χ0n) is 16.8. The molecule has 0 aliphatic carbocycles. The Kier molecular flexibility index (Phi) is 9.43. The molecule has 29 heavy (non-hydrogen) atoms. The largest absolute Gasteiger partial charge is 0.466 e. The molecule has 2 rings (SSSR count). The van der Waals surface area contributed by atoms with Crippen LogP contribution in [0.2, 0.25) is 0 Å². The zero-order chi connectivity index (χ0) is 21.1. The second kappa shape index (κ2) is 12.1. The molecule has 160 valence electrons. The SMILES string of the molecule is CCOC(=O)C1CN(C(=O)CCCCCNC(=O)OCc2ccccc2)CC1O. The third kappa shape index (κ3) is 7.73. The maximum Gasteiger partial charge on any atom is 0.407 e. The summed E-state index contributed by atoms with van der Waals surface area (Å²) in [4.78, 5) is 37.2. The molecule has 1 heterocycles. The molecule has 2 atom stereocenters. The quantitative estimate of drug-likeness (QED) is 0.454. The van der Waals surface area contributed by atoms with Crippen LogP contribution in [0.15, 0.2) is 30.3 Å². The normalized spacial score (nSPS) is 18.3. The summed E-state index contributed by atoms with van der Waals surface area (Å²) in [5, 5.41) is 12.7. The number of ether oxygens (including phenoxy) is 2. The van der Waals surface area contributed by atoms with E-state index in [1.54, 1.807) is 6.92 Å². The van der Waals surface area contributed by atoms with Crippen molar-refractivity contribution in [2.24, 2.45) is 5.92 Å². The van der Waals surface area contributed by atoms with Crippen LogP contribution in [0.4, 0.5) is 4.79 Å². The monoisotopic (exact) mass is 406 g/mol. The van der Waals surface area contributed by atoms with Gasteiger partial charge in [-0.1, -0.05) is 36.8 Å². The fourth-order valence-corrected chi connectivity index (χ4v) is 3.17. The number of aliphatic hydroxyl groups is 1. The van der Waals surface area contributed by atoms with Gasteiger partial charge in [0.1, 0.15) is 12.5 Å². The lowest BCUT2D eigenvalue weighted by molar-refractivity contribution is -0.150. The molecule has 8 nitrogen and oxygen atoms in total. The molecule has 1 fully saturated rings. The van der Waals surface area contributed by atoms with Gasteiger partial charge in [-0.25, -0.2) is 4.79 Å². The van der Waals surface area contributed by atoms with Crippen molar-refractivity contribution >= 4 is 18.0 Å². The van der Waals surface area contributed by atoms with Crippen molar-refractivity contribution in [1.82, 2.24) is 10.2 Å². The third-order valence-electron chi connectivity index (χ3n) is 4.78. The topological polar surface area (TPSA) is 105 Å². The minimum Gasteiger partial charge on any atom is -0.466 e. The fourth-order valence-electron chi connectivity index (χ4n) is 3.17. The maximum absolute atomic E-state index is 12.3. The second-order valence-electron chi connectivity index (χ2n) is 7.02. The number of hydrogen-bond acceptors (Lipinski definition) is 6. The number of hydrogen-bond donors (Lipinski definition) is 2. The van der Waals surface area contributed by atoms with Gasteiger partial charge in [-0.05, 0) is 25.3 Å². The van der Waals surface area contributed by atoms with Gasteiger partial charge in [-0.3, -0.25) is 9.59 Å². The average Bonchev–Trinajstić information content (AvgIpc) is 3.11. The molecule has 2 N–H and O–H groups in total. The Morgan fingerprint density at radius 3 is 2.59 bits per heavy atom. The van der Waals surface area contributed by atoms with Crippen molar-refractivity contribution in [2.75, 3.05) is 26.2 Å². The highest BCUT2D eigenvalue weighted by molar-refractivity contribution is 5.79. The Morgan fingerprint density at radius 2 is 1.86 bits per heavy atom. The number of nitrogens with zero attached hydrogens (tertiary/aromatic N) is 1. The van der Waals surface area contributed by atoms with E-state index in [2.05, 4.69) is 5.32 Å². The van der Waals surface area contributed by atoms with Crippen molar-refractivity contribution in [3.8, 4) is 0 Å². The number of aliphatic hydroxyl groups excluding tert-OH is 1. The van der Waals surface area contributed by atoms with Crippen LogP contribution < -0.4 is 5.32 Å². The summed E-state index contributed by atoms with van der Waals surface area (Å²) in [6.45, 7) is 3.04. The molecule has 0 aromatic heterocycles. The summed E-state index contributed by atoms with van der Waals surface area (Å²) in [5.41, 5.74) is 0.929. The predicted octanol–water partition coefficient (Wildman–Crippen LogP) is 1.86. The van der Waals surface area contributed by atoms with Crippen molar-refractivity contribution in [2.45, 2.75) is 45.3 Å². The second-order valence-corrected chi connectivity index (χ2v) is 7.02.